The van der Waals surface area contributed by atoms with E-state index in [1.807, 2.05) is 0 Å². The van der Waals surface area contributed by atoms with Crippen LogP contribution in [0, 0.1) is 0 Å². The standard InChI is InChI=1S/C8H13N3O3/c1-11-6(3-4-14-9)5-7(10-11)8(12)13-2/h5H,3-4,9H2,1-2H3. The van der Waals surface area contributed by atoms with Gasteiger partial charge in [-0.3, -0.25) is 4.68 Å². The number of aryl methyl sites for hydroxylation is 1. The van der Waals surface area contributed by atoms with Crippen LogP contribution < -0.4 is 5.90 Å². The van der Waals surface area contributed by atoms with Crippen molar-refractivity contribution in [3.05, 3.63) is 17.5 Å². The van der Waals surface area contributed by atoms with Crippen LogP contribution in [0.4, 0.5) is 0 Å². The highest BCUT2D eigenvalue weighted by molar-refractivity contribution is 5.87. The van der Waals surface area contributed by atoms with Crippen LogP contribution in [0.5, 0.6) is 0 Å². The molecule has 0 radical (unpaired) electrons. The van der Waals surface area contributed by atoms with E-state index in [-0.39, 0.29) is 0 Å². The molecule has 0 amide bonds. The summed E-state index contributed by atoms with van der Waals surface area (Å²) in [5.41, 5.74) is 1.16. The van der Waals surface area contributed by atoms with E-state index in [0.717, 1.165) is 5.69 Å². The Morgan fingerprint density at radius 3 is 3.00 bits per heavy atom. The number of aromatic nitrogens is 2. The van der Waals surface area contributed by atoms with Gasteiger partial charge in [0.2, 0.25) is 0 Å². The topological polar surface area (TPSA) is 79.4 Å². The average Bonchev–Trinajstić information content (AvgIpc) is 2.56. The first-order chi connectivity index (χ1) is 6.69. The van der Waals surface area contributed by atoms with Gasteiger partial charge in [0, 0.05) is 19.2 Å². The van der Waals surface area contributed by atoms with Crippen LogP contribution >= 0.6 is 0 Å². The van der Waals surface area contributed by atoms with Gasteiger partial charge < -0.3 is 9.57 Å². The summed E-state index contributed by atoms with van der Waals surface area (Å²) in [5.74, 6) is 4.45. The molecule has 0 unspecified atom stereocenters. The fourth-order valence-electron chi connectivity index (χ4n) is 1.11. The third-order valence-electron chi connectivity index (χ3n) is 1.85. The number of esters is 1. The Morgan fingerprint density at radius 2 is 2.43 bits per heavy atom. The first kappa shape index (κ1) is 10.7. The van der Waals surface area contributed by atoms with Gasteiger partial charge in [-0.2, -0.15) is 5.10 Å². The maximum atomic E-state index is 11.1. The van der Waals surface area contributed by atoms with E-state index < -0.39 is 5.97 Å². The molecular formula is C8H13N3O3. The summed E-state index contributed by atoms with van der Waals surface area (Å²) in [6.45, 7) is 0.389. The predicted octanol–water partition coefficient (Wildman–Crippen LogP) is -0.361. The van der Waals surface area contributed by atoms with E-state index in [2.05, 4.69) is 14.7 Å². The van der Waals surface area contributed by atoms with Crippen LogP contribution in [0.1, 0.15) is 16.2 Å². The second-order valence-corrected chi connectivity index (χ2v) is 2.76. The van der Waals surface area contributed by atoms with Crippen molar-refractivity contribution in [3.63, 3.8) is 0 Å². The highest BCUT2D eigenvalue weighted by atomic mass is 16.6. The van der Waals surface area contributed by atoms with E-state index in [1.54, 1.807) is 17.8 Å². The first-order valence-corrected chi connectivity index (χ1v) is 4.12. The normalized spacial score (nSPS) is 10.2. The van der Waals surface area contributed by atoms with Crippen molar-refractivity contribution in [2.45, 2.75) is 6.42 Å². The molecule has 0 aromatic carbocycles. The Hall–Kier alpha value is -1.40. The molecule has 2 N–H and O–H groups in total. The lowest BCUT2D eigenvalue weighted by atomic mass is 10.3. The van der Waals surface area contributed by atoms with Gasteiger partial charge in [0.15, 0.2) is 5.69 Å². The van der Waals surface area contributed by atoms with Gasteiger partial charge in [0.05, 0.1) is 13.7 Å². The molecule has 14 heavy (non-hydrogen) atoms. The summed E-state index contributed by atoms with van der Waals surface area (Å²) in [6.07, 6.45) is 0.608. The molecule has 1 heterocycles. The number of carbonyl (C=O) groups is 1. The zero-order valence-electron chi connectivity index (χ0n) is 8.19. The van der Waals surface area contributed by atoms with Crippen LogP contribution in [-0.2, 0) is 23.0 Å². The molecule has 1 rings (SSSR count). The lowest BCUT2D eigenvalue weighted by Gasteiger charge is -1.98. The molecule has 0 aliphatic rings. The minimum atomic E-state index is -0.444. The van der Waals surface area contributed by atoms with Gasteiger partial charge in [-0.05, 0) is 6.07 Å². The summed E-state index contributed by atoms with van der Waals surface area (Å²) in [6, 6.07) is 1.66. The van der Waals surface area contributed by atoms with Gasteiger partial charge in [-0.15, -0.1) is 0 Å². The van der Waals surface area contributed by atoms with E-state index in [9.17, 15) is 4.79 Å². The molecule has 0 fully saturated rings. The molecule has 0 aliphatic heterocycles. The minimum absolute atomic E-state index is 0.294. The fraction of sp³-hybridized carbons (Fsp3) is 0.500. The van der Waals surface area contributed by atoms with Gasteiger partial charge >= 0.3 is 5.97 Å². The van der Waals surface area contributed by atoms with E-state index >= 15 is 0 Å². The van der Waals surface area contributed by atoms with Crippen LogP contribution in [0.3, 0.4) is 0 Å². The predicted molar refractivity (Wildman–Crippen MR) is 48.4 cm³/mol. The lowest BCUT2D eigenvalue weighted by Crippen LogP contribution is -2.07. The van der Waals surface area contributed by atoms with Crippen LogP contribution in [-0.4, -0.2) is 29.5 Å². The second-order valence-electron chi connectivity index (χ2n) is 2.76. The lowest BCUT2D eigenvalue weighted by molar-refractivity contribution is 0.0593. The average molecular weight is 199 g/mol. The van der Waals surface area contributed by atoms with Crippen molar-refractivity contribution < 1.29 is 14.4 Å². The monoisotopic (exact) mass is 199 g/mol. The molecule has 6 nitrogen and oxygen atoms in total. The molecule has 0 saturated heterocycles. The van der Waals surface area contributed by atoms with Gasteiger partial charge in [-0.25, -0.2) is 10.7 Å². The van der Waals surface area contributed by atoms with E-state index in [4.69, 9.17) is 5.90 Å². The first-order valence-electron chi connectivity index (χ1n) is 4.12. The molecular weight excluding hydrogens is 186 g/mol. The Labute approximate surface area is 81.5 Å². The minimum Gasteiger partial charge on any atom is -0.464 e. The molecule has 0 bridgehead atoms. The van der Waals surface area contributed by atoms with Crippen molar-refractivity contribution >= 4 is 5.97 Å². The highest BCUT2D eigenvalue weighted by Gasteiger charge is 2.12. The van der Waals surface area contributed by atoms with Crippen molar-refractivity contribution in [1.82, 2.24) is 9.78 Å². The van der Waals surface area contributed by atoms with Gasteiger partial charge in [0.25, 0.3) is 0 Å². The maximum Gasteiger partial charge on any atom is 0.358 e. The number of nitrogens with two attached hydrogens (primary N) is 1. The molecule has 0 atom stereocenters. The summed E-state index contributed by atoms with van der Waals surface area (Å²) >= 11 is 0. The summed E-state index contributed by atoms with van der Waals surface area (Å²) in [5, 5.41) is 3.98. The van der Waals surface area contributed by atoms with E-state index in [0.29, 0.717) is 18.7 Å². The molecule has 1 aromatic rings. The van der Waals surface area contributed by atoms with Gasteiger partial charge in [0.1, 0.15) is 0 Å². The summed E-state index contributed by atoms with van der Waals surface area (Å²) in [4.78, 5) is 15.5. The maximum absolute atomic E-state index is 11.1. The Kier molecular flexibility index (Phi) is 3.61. The molecule has 0 saturated carbocycles. The smallest absolute Gasteiger partial charge is 0.358 e. The summed E-state index contributed by atoms with van der Waals surface area (Å²) < 4.78 is 6.14. The van der Waals surface area contributed by atoms with Crippen molar-refractivity contribution in [1.29, 1.82) is 0 Å². The largest absolute Gasteiger partial charge is 0.464 e. The number of carbonyl (C=O) groups excluding carboxylic acids is 1. The third-order valence-corrected chi connectivity index (χ3v) is 1.85. The molecule has 78 valence electrons. The fourth-order valence-corrected chi connectivity index (χ4v) is 1.11. The van der Waals surface area contributed by atoms with Crippen LogP contribution in [0.2, 0.25) is 0 Å². The number of nitrogens with zero attached hydrogens (tertiary/aromatic N) is 2. The zero-order valence-corrected chi connectivity index (χ0v) is 8.19. The van der Waals surface area contributed by atoms with Gasteiger partial charge in [-0.1, -0.05) is 0 Å². The number of hydrogen-bond acceptors (Lipinski definition) is 5. The van der Waals surface area contributed by atoms with Crippen LogP contribution in [0.15, 0.2) is 6.07 Å². The third kappa shape index (κ3) is 2.30. The van der Waals surface area contributed by atoms with Crippen LogP contribution in [0.25, 0.3) is 0 Å². The SMILES string of the molecule is COC(=O)c1cc(CCON)n(C)n1. The molecule has 0 spiro atoms. The zero-order chi connectivity index (χ0) is 10.6. The number of methoxy groups -OCH3 is 1. The Balaban J connectivity index is 2.76. The Bertz CT molecular complexity index is 322. The Morgan fingerprint density at radius 1 is 1.71 bits per heavy atom. The molecule has 0 aliphatic carbocycles. The van der Waals surface area contributed by atoms with E-state index in [1.165, 1.54) is 7.11 Å². The molecule has 1 aromatic heterocycles. The van der Waals surface area contributed by atoms with Crippen molar-refractivity contribution in [2.75, 3.05) is 13.7 Å². The number of ether oxygens (including phenoxy) is 1. The number of hydrogen-bond donors (Lipinski definition) is 1. The summed E-state index contributed by atoms with van der Waals surface area (Å²) in [7, 11) is 3.07. The highest BCUT2D eigenvalue weighted by Crippen LogP contribution is 2.05. The van der Waals surface area contributed by atoms with Crippen molar-refractivity contribution in [2.24, 2.45) is 12.9 Å². The quantitative estimate of drug-likeness (QED) is 0.529. The number of rotatable bonds is 4. The second kappa shape index (κ2) is 4.73. The molecule has 6 heteroatoms. The van der Waals surface area contributed by atoms with Crippen molar-refractivity contribution in [3.8, 4) is 0 Å².